The second-order valence-electron chi connectivity index (χ2n) is 5.42. The molecule has 0 unspecified atom stereocenters. The Labute approximate surface area is 138 Å². The van der Waals surface area contributed by atoms with Gasteiger partial charge in [-0.2, -0.15) is 0 Å². The molecule has 7 heteroatoms. The summed E-state index contributed by atoms with van der Waals surface area (Å²) < 4.78 is 14.9. The van der Waals surface area contributed by atoms with Crippen LogP contribution in [0.1, 0.15) is 25.1 Å². The number of halogens is 1. The molecular formula is C16H20FN3O2S. The van der Waals surface area contributed by atoms with Crippen LogP contribution in [0.15, 0.2) is 35.6 Å². The summed E-state index contributed by atoms with van der Waals surface area (Å²) in [6, 6.07) is 6.41. The van der Waals surface area contributed by atoms with Gasteiger partial charge in [0.05, 0.1) is 18.5 Å². The number of aliphatic hydroxyl groups excluding tert-OH is 1. The van der Waals surface area contributed by atoms with Crippen molar-refractivity contribution in [3.63, 3.8) is 0 Å². The smallest absolute Gasteiger partial charge is 0.240 e. The SMILES string of the molecule is CC(C)NC(=O)Cn1c(CO)cnc1SCc1cccc(F)c1. The Morgan fingerprint density at radius 2 is 2.26 bits per heavy atom. The number of hydrogen-bond donors (Lipinski definition) is 2. The number of hydrogen-bond acceptors (Lipinski definition) is 4. The van der Waals surface area contributed by atoms with Gasteiger partial charge in [-0.25, -0.2) is 9.37 Å². The molecule has 0 spiro atoms. The summed E-state index contributed by atoms with van der Waals surface area (Å²) in [6.45, 7) is 3.68. The molecule has 1 amide bonds. The second-order valence-corrected chi connectivity index (χ2v) is 6.36. The Balaban J connectivity index is 2.09. The van der Waals surface area contributed by atoms with E-state index in [1.54, 1.807) is 16.8 Å². The maximum absolute atomic E-state index is 13.2. The van der Waals surface area contributed by atoms with E-state index in [2.05, 4.69) is 10.3 Å². The number of nitrogens with one attached hydrogen (secondary N) is 1. The van der Waals surface area contributed by atoms with Crippen molar-refractivity contribution in [3.8, 4) is 0 Å². The van der Waals surface area contributed by atoms with Crippen LogP contribution in [0.4, 0.5) is 4.39 Å². The van der Waals surface area contributed by atoms with E-state index >= 15 is 0 Å². The molecule has 0 aliphatic heterocycles. The number of amides is 1. The minimum absolute atomic E-state index is 0.0481. The Bertz CT molecular complexity index is 673. The molecule has 2 aromatic rings. The van der Waals surface area contributed by atoms with Gasteiger partial charge in [-0.3, -0.25) is 4.79 Å². The highest BCUT2D eigenvalue weighted by Gasteiger charge is 2.14. The number of benzene rings is 1. The maximum atomic E-state index is 13.2. The van der Waals surface area contributed by atoms with Gasteiger partial charge in [-0.1, -0.05) is 23.9 Å². The molecule has 0 bridgehead atoms. The van der Waals surface area contributed by atoms with E-state index in [1.165, 1.54) is 23.9 Å². The Hall–Kier alpha value is -1.86. The van der Waals surface area contributed by atoms with Gasteiger partial charge in [-0.15, -0.1) is 0 Å². The standard InChI is InChI=1S/C16H20FN3O2S/c1-11(2)19-15(22)8-20-14(9-21)7-18-16(20)23-10-12-4-3-5-13(17)6-12/h3-7,11,21H,8-10H2,1-2H3,(H,19,22). The second kappa shape index (κ2) is 8.12. The molecular weight excluding hydrogens is 317 g/mol. The topological polar surface area (TPSA) is 67.2 Å². The number of aliphatic hydroxyl groups is 1. The van der Waals surface area contributed by atoms with E-state index in [4.69, 9.17) is 0 Å². The van der Waals surface area contributed by atoms with Gasteiger partial charge < -0.3 is 15.0 Å². The van der Waals surface area contributed by atoms with Crippen LogP contribution >= 0.6 is 11.8 Å². The zero-order chi connectivity index (χ0) is 16.8. The van der Waals surface area contributed by atoms with Crippen LogP contribution in [-0.4, -0.2) is 26.6 Å². The van der Waals surface area contributed by atoms with E-state index in [9.17, 15) is 14.3 Å². The molecule has 0 aliphatic carbocycles. The van der Waals surface area contributed by atoms with Crippen LogP contribution in [0.3, 0.4) is 0 Å². The molecule has 0 aliphatic rings. The van der Waals surface area contributed by atoms with Crippen LogP contribution < -0.4 is 5.32 Å². The quantitative estimate of drug-likeness (QED) is 0.761. The van der Waals surface area contributed by atoms with Gasteiger partial charge in [0.25, 0.3) is 0 Å². The highest BCUT2D eigenvalue weighted by molar-refractivity contribution is 7.98. The molecule has 0 saturated carbocycles. The summed E-state index contributed by atoms with van der Waals surface area (Å²) in [5.74, 6) is 0.116. The highest BCUT2D eigenvalue weighted by atomic mass is 32.2. The van der Waals surface area contributed by atoms with Crippen LogP contribution in [0.25, 0.3) is 0 Å². The number of nitrogens with zero attached hydrogens (tertiary/aromatic N) is 2. The van der Waals surface area contributed by atoms with Gasteiger partial charge in [0.1, 0.15) is 12.4 Å². The molecule has 124 valence electrons. The fourth-order valence-corrected chi connectivity index (χ4v) is 3.03. The number of carbonyl (C=O) groups excluding carboxylic acids is 1. The van der Waals surface area contributed by atoms with Crippen molar-refractivity contribution in [1.29, 1.82) is 0 Å². The fourth-order valence-electron chi connectivity index (χ4n) is 2.09. The Kier molecular flexibility index (Phi) is 6.18. The monoisotopic (exact) mass is 337 g/mol. The lowest BCUT2D eigenvalue weighted by Crippen LogP contribution is -2.33. The Morgan fingerprint density at radius 1 is 1.48 bits per heavy atom. The van der Waals surface area contributed by atoms with Gasteiger partial charge in [0.15, 0.2) is 5.16 Å². The molecule has 1 aromatic carbocycles. The summed E-state index contributed by atoms with van der Waals surface area (Å²) in [5.41, 5.74) is 1.41. The number of imidazole rings is 1. The Morgan fingerprint density at radius 3 is 2.91 bits per heavy atom. The van der Waals surface area contributed by atoms with Crippen molar-refractivity contribution < 1.29 is 14.3 Å². The first-order valence-corrected chi connectivity index (χ1v) is 8.30. The van der Waals surface area contributed by atoms with E-state index < -0.39 is 0 Å². The first kappa shape index (κ1) is 17.5. The van der Waals surface area contributed by atoms with Gasteiger partial charge in [-0.05, 0) is 31.5 Å². The summed E-state index contributed by atoms with van der Waals surface area (Å²) >= 11 is 1.40. The third-order valence-corrected chi connectivity index (χ3v) is 4.13. The van der Waals surface area contributed by atoms with Gasteiger partial charge >= 0.3 is 0 Å². The summed E-state index contributed by atoms with van der Waals surface area (Å²) in [6.07, 6.45) is 1.55. The summed E-state index contributed by atoms with van der Waals surface area (Å²) in [4.78, 5) is 16.2. The predicted octanol–water partition coefficient (Wildman–Crippen LogP) is 2.33. The molecule has 0 atom stereocenters. The lowest BCUT2D eigenvalue weighted by atomic mass is 10.2. The normalized spacial score (nSPS) is 11.0. The van der Waals surface area contributed by atoms with Crippen LogP contribution in [0, 0.1) is 5.82 Å². The zero-order valence-electron chi connectivity index (χ0n) is 13.1. The number of rotatable bonds is 7. The largest absolute Gasteiger partial charge is 0.390 e. The van der Waals surface area contributed by atoms with Crippen molar-refractivity contribution >= 4 is 17.7 Å². The van der Waals surface area contributed by atoms with Crippen molar-refractivity contribution in [3.05, 3.63) is 47.5 Å². The average Bonchev–Trinajstić information content (AvgIpc) is 2.86. The molecule has 0 fully saturated rings. The zero-order valence-corrected chi connectivity index (χ0v) is 13.9. The summed E-state index contributed by atoms with van der Waals surface area (Å²) in [5, 5.41) is 12.8. The number of carbonyl (C=O) groups is 1. The molecule has 0 saturated heterocycles. The molecule has 2 N–H and O–H groups in total. The molecule has 1 heterocycles. The van der Waals surface area contributed by atoms with E-state index in [1.807, 2.05) is 19.9 Å². The lowest BCUT2D eigenvalue weighted by molar-refractivity contribution is -0.122. The third kappa shape index (κ3) is 5.07. The van der Waals surface area contributed by atoms with Crippen LogP contribution in [-0.2, 0) is 23.7 Å². The maximum Gasteiger partial charge on any atom is 0.240 e. The van der Waals surface area contributed by atoms with Crippen LogP contribution in [0.2, 0.25) is 0 Å². The van der Waals surface area contributed by atoms with Gasteiger partial charge in [0, 0.05) is 11.8 Å². The molecule has 0 radical (unpaired) electrons. The first-order chi connectivity index (χ1) is 11.0. The van der Waals surface area contributed by atoms with Crippen LogP contribution in [0.5, 0.6) is 0 Å². The fraction of sp³-hybridized carbons (Fsp3) is 0.375. The van der Waals surface area contributed by atoms with Crippen molar-refractivity contribution in [2.24, 2.45) is 0 Å². The van der Waals surface area contributed by atoms with Crippen molar-refractivity contribution in [1.82, 2.24) is 14.9 Å². The van der Waals surface area contributed by atoms with E-state index in [0.29, 0.717) is 16.6 Å². The number of thioether (sulfide) groups is 1. The highest BCUT2D eigenvalue weighted by Crippen LogP contribution is 2.23. The van der Waals surface area contributed by atoms with Gasteiger partial charge in [0.2, 0.25) is 5.91 Å². The third-order valence-electron chi connectivity index (χ3n) is 3.07. The van der Waals surface area contributed by atoms with Crippen molar-refractivity contribution in [2.45, 2.75) is 44.0 Å². The van der Waals surface area contributed by atoms with E-state index in [-0.39, 0.29) is 30.9 Å². The molecule has 23 heavy (non-hydrogen) atoms. The predicted molar refractivity (Wildman–Crippen MR) is 87.4 cm³/mol. The lowest BCUT2D eigenvalue weighted by Gasteiger charge is -2.12. The number of aromatic nitrogens is 2. The molecule has 1 aromatic heterocycles. The molecule has 5 nitrogen and oxygen atoms in total. The van der Waals surface area contributed by atoms with E-state index in [0.717, 1.165) is 5.56 Å². The summed E-state index contributed by atoms with van der Waals surface area (Å²) in [7, 11) is 0. The molecule has 2 rings (SSSR count). The minimum Gasteiger partial charge on any atom is -0.390 e. The van der Waals surface area contributed by atoms with Crippen molar-refractivity contribution in [2.75, 3.05) is 0 Å². The minimum atomic E-state index is -0.279. The average molecular weight is 337 g/mol. The first-order valence-electron chi connectivity index (χ1n) is 7.31.